The Hall–Kier alpha value is -3.28. The number of rotatable bonds is 4. The van der Waals surface area contributed by atoms with Gasteiger partial charge in [-0.15, -0.1) is 0 Å². The molecule has 5 rings (SSSR count). The van der Waals surface area contributed by atoms with Crippen molar-refractivity contribution in [2.45, 2.75) is 12.8 Å². The van der Waals surface area contributed by atoms with Crippen LogP contribution in [0.4, 0.5) is 10.1 Å². The highest BCUT2D eigenvalue weighted by Crippen LogP contribution is 2.45. The summed E-state index contributed by atoms with van der Waals surface area (Å²) in [5.41, 5.74) is 2.16. The zero-order valence-electron chi connectivity index (χ0n) is 18.8. The van der Waals surface area contributed by atoms with Crippen molar-refractivity contribution in [2.75, 3.05) is 31.1 Å². The summed E-state index contributed by atoms with van der Waals surface area (Å²) in [5.74, 6) is -0.403. The summed E-state index contributed by atoms with van der Waals surface area (Å²) in [6.45, 7) is 1.71. The van der Waals surface area contributed by atoms with Gasteiger partial charge in [0, 0.05) is 48.2 Å². The van der Waals surface area contributed by atoms with Crippen LogP contribution in [0.5, 0.6) is 0 Å². The molecule has 2 aromatic rings. The van der Waals surface area contributed by atoms with Gasteiger partial charge in [0.25, 0.3) is 5.91 Å². The number of halogens is 2. The van der Waals surface area contributed by atoms with E-state index >= 15 is 0 Å². The second-order valence-corrected chi connectivity index (χ2v) is 9.92. The molecule has 0 unspecified atom stereocenters. The van der Waals surface area contributed by atoms with Crippen LogP contribution in [0.15, 0.2) is 64.5 Å². The lowest BCUT2D eigenvalue weighted by Gasteiger charge is -2.35. The number of benzene rings is 2. The maximum Gasteiger partial charge on any atom is 0.267 e. The van der Waals surface area contributed by atoms with Gasteiger partial charge >= 0.3 is 0 Å². The molecule has 1 saturated heterocycles. The van der Waals surface area contributed by atoms with Gasteiger partial charge in [-0.2, -0.15) is 5.26 Å². The average Bonchev–Trinajstić information content (AvgIpc) is 3.64. The molecule has 2 aromatic carbocycles. The van der Waals surface area contributed by atoms with Crippen molar-refractivity contribution in [3.8, 4) is 6.07 Å². The van der Waals surface area contributed by atoms with E-state index in [0.717, 1.165) is 18.4 Å². The van der Waals surface area contributed by atoms with Crippen molar-refractivity contribution in [1.82, 2.24) is 9.80 Å². The molecule has 0 spiro atoms. The molecule has 2 amide bonds. The number of thioether (sulfide) groups is 1. The maximum atomic E-state index is 13.6. The highest BCUT2D eigenvalue weighted by atomic mass is 35.5. The first-order chi connectivity index (χ1) is 17.0. The first kappa shape index (κ1) is 23.5. The van der Waals surface area contributed by atoms with E-state index < -0.39 is 0 Å². The minimum absolute atomic E-state index is 0.0188. The van der Waals surface area contributed by atoms with Gasteiger partial charge in [-0.05, 0) is 60.9 Å². The number of amides is 2. The third kappa shape index (κ3) is 4.79. The van der Waals surface area contributed by atoms with Gasteiger partial charge in [0.1, 0.15) is 22.5 Å². The van der Waals surface area contributed by atoms with Crippen LogP contribution in [0.2, 0.25) is 5.02 Å². The quantitative estimate of drug-likeness (QED) is 0.436. The Morgan fingerprint density at radius 3 is 2.34 bits per heavy atom. The fraction of sp³-hybridized carbons (Fsp3) is 0.269. The Balaban J connectivity index is 1.45. The molecule has 2 aliphatic heterocycles. The predicted molar refractivity (Wildman–Crippen MR) is 134 cm³/mol. The number of nitrogens with zero attached hydrogens (tertiary/aromatic N) is 4. The lowest BCUT2D eigenvalue weighted by molar-refractivity contribution is -0.138. The molecule has 1 aliphatic carbocycles. The highest BCUT2D eigenvalue weighted by molar-refractivity contribution is 8.06. The standard InChI is InChI=1S/C26H22ClFN4O2S/c27-19-2-1-3-21(14-19)32-23(17-6-8-20(28)9-7-17)16-35-26(32)22(15-29)25(34)31-12-10-30(11-13-31)24(33)18-4-5-18/h1-3,6-9,14,16,18H,4-5,10-13H2/b26-22-. The van der Waals surface area contributed by atoms with Crippen LogP contribution in [0.25, 0.3) is 5.70 Å². The van der Waals surface area contributed by atoms with Gasteiger partial charge in [-0.3, -0.25) is 9.59 Å². The number of carbonyl (C=O) groups excluding carboxylic acids is 2. The lowest BCUT2D eigenvalue weighted by Crippen LogP contribution is -2.51. The third-order valence-electron chi connectivity index (χ3n) is 6.28. The normalized spacial score (nSPS) is 19.3. The first-order valence-corrected chi connectivity index (χ1v) is 12.6. The molecule has 178 valence electrons. The maximum absolute atomic E-state index is 13.6. The monoisotopic (exact) mass is 508 g/mol. The van der Waals surface area contributed by atoms with Gasteiger partial charge in [-0.1, -0.05) is 29.4 Å². The fourth-order valence-electron chi connectivity index (χ4n) is 4.25. The summed E-state index contributed by atoms with van der Waals surface area (Å²) in [5, 5.41) is 12.9. The summed E-state index contributed by atoms with van der Waals surface area (Å²) >= 11 is 7.53. The number of carbonyl (C=O) groups is 2. The largest absolute Gasteiger partial charge is 0.339 e. The molecule has 35 heavy (non-hydrogen) atoms. The van der Waals surface area contributed by atoms with E-state index in [2.05, 4.69) is 6.07 Å². The summed E-state index contributed by atoms with van der Waals surface area (Å²) in [4.78, 5) is 31.1. The number of hydrogen-bond acceptors (Lipinski definition) is 5. The van der Waals surface area contributed by atoms with Gasteiger partial charge in [0.2, 0.25) is 5.91 Å². The molecule has 1 saturated carbocycles. The minimum Gasteiger partial charge on any atom is -0.339 e. The van der Waals surface area contributed by atoms with Gasteiger partial charge in [0.05, 0.1) is 5.70 Å². The fourth-order valence-corrected chi connectivity index (χ4v) is 5.46. The van der Waals surface area contributed by atoms with Crippen molar-refractivity contribution in [3.63, 3.8) is 0 Å². The van der Waals surface area contributed by atoms with Crippen LogP contribution in [0, 0.1) is 23.1 Å². The zero-order valence-corrected chi connectivity index (χ0v) is 20.4. The Bertz CT molecular complexity index is 1280. The number of piperazine rings is 1. The zero-order chi connectivity index (χ0) is 24.5. The molecule has 9 heteroatoms. The van der Waals surface area contributed by atoms with Gasteiger partial charge < -0.3 is 14.7 Å². The predicted octanol–water partition coefficient (Wildman–Crippen LogP) is 4.85. The second-order valence-electron chi connectivity index (χ2n) is 8.63. The summed E-state index contributed by atoms with van der Waals surface area (Å²) in [6.07, 6.45) is 1.89. The molecular weight excluding hydrogens is 487 g/mol. The van der Waals surface area contributed by atoms with Crippen molar-refractivity contribution in [2.24, 2.45) is 5.92 Å². The van der Waals surface area contributed by atoms with E-state index in [0.29, 0.717) is 47.6 Å². The smallest absolute Gasteiger partial charge is 0.267 e. The van der Waals surface area contributed by atoms with Gasteiger partial charge in [-0.25, -0.2) is 4.39 Å². The number of hydrogen-bond donors (Lipinski definition) is 0. The van der Waals surface area contributed by atoms with Crippen molar-refractivity contribution in [1.29, 1.82) is 5.26 Å². The lowest BCUT2D eigenvalue weighted by atomic mass is 10.1. The molecule has 2 fully saturated rings. The molecule has 0 atom stereocenters. The first-order valence-electron chi connectivity index (χ1n) is 11.4. The molecule has 0 N–H and O–H groups in total. The molecule has 0 radical (unpaired) electrons. The van der Waals surface area contributed by atoms with E-state index in [9.17, 15) is 19.2 Å². The molecule has 0 aromatic heterocycles. The second kappa shape index (κ2) is 9.76. The van der Waals surface area contributed by atoms with E-state index in [1.54, 1.807) is 35.2 Å². The average molecular weight is 509 g/mol. The molecule has 3 aliphatic rings. The molecule has 6 nitrogen and oxygen atoms in total. The van der Waals surface area contributed by atoms with Gasteiger partial charge in [0.15, 0.2) is 0 Å². The van der Waals surface area contributed by atoms with Crippen LogP contribution in [0.3, 0.4) is 0 Å². The van der Waals surface area contributed by atoms with Crippen LogP contribution >= 0.6 is 23.4 Å². The molecular formula is C26H22ClFN4O2S. The summed E-state index contributed by atoms with van der Waals surface area (Å²) in [7, 11) is 0. The van der Waals surface area contributed by atoms with E-state index in [4.69, 9.17) is 11.6 Å². The Kier molecular flexibility index (Phi) is 6.54. The van der Waals surface area contributed by atoms with Crippen LogP contribution in [-0.4, -0.2) is 47.8 Å². The Morgan fingerprint density at radius 1 is 1.03 bits per heavy atom. The Morgan fingerprint density at radius 2 is 1.71 bits per heavy atom. The number of nitriles is 1. The SMILES string of the molecule is N#C/C(C(=O)N1CCN(C(=O)C2CC2)CC1)=C1/SC=C(c2ccc(F)cc2)N1c1cccc(Cl)c1. The third-order valence-corrected chi connectivity index (χ3v) is 7.46. The topological polar surface area (TPSA) is 67.6 Å². The molecule has 0 bridgehead atoms. The summed E-state index contributed by atoms with van der Waals surface area (Å²) < 4.78 is 13.6. The van der Waals surface area contributed by atoms with Crippen LogP contribution in [0.1, 0.15) is 18.4 Å². The van der Waals surface area contributed by atoms with Crippen LogP contribution < -0.4 is 4.90 Å². The number of anilines is 1. The van der Waals surface area contributed by atoms with E-state index in [1.165, 1.54) is 23.9 Å². The van der Waals surface area contributed by atoms with Crippen molar-refractivity contribution >= 4 is 46.6 Å². The Labute approximate surface area is 212 Å². The van der Waals surface area contributed by atoms with Crippen LogP contribution in [-0.2, 0) is 9.59 Å². The highest BCUT2D eigenvalue weighted by Gasteiger charge is 2.37. The minimum atomic E-state index is -0.366. The molecule has 2 heterocycles. The van der Waals surface area contributed by atoms with E-state index in [-0.39, 0.29) is 29.1 Å². The van der Waals surface area contributed by atoms with Crippen molar-refractivity contribution in [3.05, 3.63) is 80.9 Å². The van der Waals surface area contributed by atoms with Crippen molar-refractivity contribution < 1.29 is 14.0 Å². The summed E-state index contributed by atoms with van der Waals surface area (Å²) in [6, 6.07) is 15.3. The van der Waals surface area contributed by atoms with E-state index in [1.807, 2.05) is 21.3 Å².